The highest BCUT2D eigenvalue weighted by Gasteiger charge is 2.11. The molecule has 2 N–H and O–H groups in total. The second-order valence-electron chi connectivity index (χ2n) is 4.03. The number of carboxylic acids is 1. The van der Waals surface area contributed by atoms with Crippen molar-refractivity contribution in [3.8, 4) is 5.75 Å². The van der Waals surface area contributed by atoms with Crippen molar-refractivity contribution in [3.63, 3.8) is 0 Å². The van der Waals surface area contributed by atoms with Crippen molar-refractivity contribution in [2.45, 2.75) is 24.3 Å². The van der Waals surface area contributed by atoms with Crippen molar-refractivity contribution in [1.29, 1.82) is 0 Å². The molecule has 0 spiro atoms. The second-order valence-corrected chi connectivity index (χ2v) is 5.08. The van der Waals surface area contributed by atoms with Crippen LogP contribution in [0.4, 0.5) is 0 Å². The van der Waals surface area contributed by atoms with Gasteiger partial charge in [0.2, 0.25) is 5.91 Å². The lowest BCUT2D eigenvalue weighted by Crippen LogP contribution is -2.35. The normalized spacial score (nSPS) is 11.7. The van der Waals surface area contributed by atoms with Crippen LogP contribution in [0.15, 0.2) is 29.2 Å². The SMILES string of the molecule is COc1ccc(SCC(=O)NC(C)CC(=O)O)cc1. The van der Waals surface area contributed by atoms with Gasteiger partial charge < -0.3 is 15.2 Å². The van der Waals surface area contributed by atoms with Crippen molar-refractivity contribution in [2.24, 2.45) is 0 Å². The summed E-state index contributed by atoms with van der Waals surface area (Å²) in [5.74, 6) is -0.0647. The molecule has 104 valence electrons. The van der Waals surface area contributed by atoms with Crippen LogP contribution in [0, 0.1) is 0 Å². The quantitative estimate of drug-likeness (QED) is 0.746. The summed E-state index contributed by atoms with van der Waals surface area (Å²) in [6.07, 6.45) is -0.0705. The molecule has 6 heteroatoms. The van der Waals surface area contributed by atoms with Crippen LogP contribution in [0.25, 0.3) is 0 Å². The Hall–Kier alpha value is -1.69. The number of carbonyl (C=O) groups is 2. The molecule has 0 fully saturated rings. The zero-order valence-electron chi connectivity index (χ0n) is 10.9. The minimum atomic E-state index is -0.921. The van der Waals surface area contributed by atoms with Gasteiger partial charge in [-0.25, -0.2) is 0 Å². The van der Waals surface area contributed by atoms with Crippen LogP contribution in [-0.4, -0.2) is 35.9 Å². The molecule has 0 aliphatic rings. The molecule has 0 aliphatic heterocycles. The maximum Gasteiger partial charge on any atom is 0.305 e. The summed E-state index contributed by atoms with van der Waals surface area (Å²) in [5, 5.41) is 11.2. The van der Waals surface area contributed by atoms with Gasteiger partial charge in [0.15, 0.2) is 0 Å². The highest BCUT2D eigenvalue weighted by molar-refractivity contribution is 8.00. The number of nitrogens with one attached hydrogen (secondary N) is 1. The van der Waals surface area contributed by atoms with Crippen LogP contribution < -0.4 is 10.1 Å². The van der Waals surface area contributed by atoms with Gasteiger partial charge in [-0.3, -0.25) is 9.59 Å². The third-order valence-electron chi connectivity index (χ3n) is 2.32. The van der Waals surface area contributed by atoms with E-state index in [1.54, 1.807) is 14.0 Å². The van der Waals surface area contributed by atoms with E-state index in [-0.39, 0.29) is 24.1 Å². The standard InChI is InChI=1S/C13H17NO4S/c1-9(7-13(16)17)14-12(15)8-19-11-5-3-10(18-2)4-6-11/h3-6,9H,7-8H2,1-2H3,(H,14,15)(H,16,17). The molecule has 0 saturated carbocycles. The Morgan fingerprint density at radius 1 is 1.37 bits per heavy atom. The predicted octanol–water partition coefficient (Wildman–Crippen LogP) is 1.77. The fourth-order valence-corrected chi connectivity index (χ4v) is 2.16. The topological polar surface area (TPSA) is 75.6 Å². The first-order valence-corrected chi connectivity index (χ1v) is 6.78. The van der Waals surface area contributed by atoms with E-state index in [0.717, 1.165) is 10.6 Å². The van der Waals surface area contributed by atoms with Crippen molar-refractivity contribution in [2.75, 3.05) is 12.9 Å². The number of ether oxygens (including phenoxy) is 1. The number of amides is 1. The van der Waals surface area contributed by atoms with Gasteiger partial charge in [-0.1, -0.05) is 0 Å². The molecule has 1 aromatic carbocycles. The molecule has 5 nitrogen and oxygen atoms in total. The Labute approximate surface area is 116 Å². The molecule has 1 atom stereocenters. The number of aliphatic carboxylic acids is 1. The molecule has 1 unspecified atom stereocenters. The van der Waals surface area contributed by atoms with Gasteiger partial charge in [-0.05, 0) is 31.2 Å². The number of carbonyl (C=O) groups excluding carboxylic acids is 1. The average molecular weight is 283 g/mol. The summed E-state index contributed by atoms with van der Waals surface area (Å²) in [4.78, 5) is 23.0. The Kier molecular flexibility index (Phi) is 6.21. The molecule has 0 aliphatic carbocycles. The molecule has 0 radical (unpaired) electrons. The highest BCUT2D eigenvalue weighted by Crippen LogP contribution is 2.20. The Morgan fingerprint density at radius 2 is 2.00 bits per heavy atom. The van der Waals surface area contributed by atoms with Crippen molar-refractivity contribution in [1.82, 2.24) is 5.32 Å². The van der Waals surface area contributed by atoms with E-state index in [0.29, 0.717) is 0 Å². The van der Waals surface area contributed by atoms with Crippen LogP contribution >= 0.6 is 11.8 Å². The van der Waals surface area contributed by atoms with Gasteiger partial charge in [0.05, 0.1) is 19.3 Å². The van der Waals surface area contributed by atoms with E-state index in [2.05, 4.69) is 5.32 Å². The first kappa shape index (κ1) is 15.4. The smallest absolute Gasteiger partial charge is 0.305 e. The van der Waals surface area contributed by atoms with Crippen molar-refractivity contribution < 1.29 is 19.4 Å². The number of hydrogen-bond acceptors (Lipinski definition) is 4. The summed E-state index contributed by atoms with van der Waals surface area (Å²) < 4.78 is 5.04. The van der Waals surface area contributed by atoms with Gasteiger partial charge in [0.1, 0.15) is 5.75 Å². The number of hydrogen-bond donors (Lipinski definition) is 2. The van der Waals surface area contributed by atoms with Gasteiger partial charge in [-0.2, -0.15) is 0 Å². The third-order valence-corrected chi connectivity index (χ3v) is 3.33. The molecule has 0 aromatic heterocycles. The summed E-state index contributed by atoms with van der Waals surface area (Å²) in [5.41, 5.74) is 0. The third kappa shape index (κ3) is 6.15. The lowest BCUT2D eigenvalue weighted by Gasteiger charge is -2.11. The minimum Gasteiger partial charge on any atom is -0.497 e. The van der Waals surface area contributed by atoms with Crippen LogP contribution in [-0.2, 0) is 9.59 Å². The molecule has 19 heavy (non-hydrogen) atoms. The van der Waals surface area contributed by atoms with E-state index in [1.807, 2.05) is 24.3 Å². The van der Waals surface area contributed by atoms with Gasteiger partial charge in [0, 0.05) is 10.9 Å². The van der Waals surface area contributed by atoms with Gasteiger partial charge in [-0.15, -0.1) is 11.8 Å². The zero-order valence-corrected chi connectivity index (χ0v) is 11.7. The molecule has 1 aromatic rings. The molecule has 0 bridgehead atoms. The zero-order chi connectivity index (χ0) is 14.3. The number of carboxylic acid groups (broad SMARTS) is 1. The molecule has 1 rings (SSSR count). The molecule has 0 heterocycles. The number of rotatable bonds is 7. The van der Waals surface area contributed by atoms with E-state index < -0.39 is 5.97 Å². The molecule has 0 saturated heterocycles. The van der Waals surface area contributed by atoms with Crippen LogP contribution in [0.2, 0.25) is 0 Å². The van der Waals surface area contributed by atoms with Crippen molar-refractivity contribution in [3.05, 3.63) is 24.3 Å². The number of benzene rings is 1. The van der Waals surface area contributed by atoms with Gasteiger partial charge in [0.25, 0.3) is 0 Å². The molecule has 1 amide bonds. The van der Waals surface area contributed by atoms with Crippen molar-refractivity contribution >= 4 is 23.6 Å². The fraction of sp³-hybridized carbons (Fsp3) is 0.385. The summed E-state index contributed by atoms with van der Waals surface area (Å²) in [6, 6.07) is 7.04. The van der Waals surface area contributed by atoms with E-state index >= 15 is 0 Å². The van der Waals surface area contributed by atoms with E-state index in [1.165, 1.54) is 11.8 Å². The van der Waals surface area contributed by atoms with Gasteiger partial charge >= 0.3 is 5.97 Å². The lowest BCUT2D eigenvalue weighted by molar-refractivity contribution is -0.137. The lowest BCUT2D eigenvalue weighted by atomic mass is 10.2. The Morgan fingerprint density at radius 3 is 2.53 bits per heavy atom. The van der Waals surface area contributed by atoms with E-state index in [4.69, 9.17) is 9.84 Å². The van der Waals surface area contributed by atoms with E-state index in [9.17, 15) is 9.59 Å². The average Bonchev–Trinajstić information content (AvgIpc) is 2.36. The first-order valence-electron chi connectivity index (χ1n) is 5.79. The largest absolute Gasteiger partial charge is 0.497 e. The highest BCUT2D eigenvalue weighted by atomic mass is 32.2. The predicted molar refractivity (Wildman–Crippen MR) is 73.6 cm³/mol. The Bertz CT molecular complexity index is 433. The monoisotopic (exact) mass is 283 g/mol. The maximum absolute atomic E-state index is 11.6. The number of methoxy groups -OCH3 is 1. The second kappa shape index (κ2) is 7.68. The summed E-state index contributed by atoms with van der Waals surface area (Å²) >= 11 is 1.39. The summed E-state index contributed by atoms with van der Waals surface area (Å²) in [6.45, 7) is 1.67. The Balaban J connectivity index is 2.34. The van der Waals surface area contributed by atoms with Crippen LogP contribution in [0.1, 0.15) is 13.3 Å². The first-order chi connectivity index (χ1) is 9.01. The van der Waals surface area contributed by atoms with Crippen LogP contribution in [0.3, 0.4) is 0 Å². The molecular weight excluding hydrogens is 266 g/mol. The summed E-state index contributed by atoms with van der Waals surface area (Å²) in [7, 11) is 1.60. The minimum absolute atomic E-state index is 0.0705. The van der Waals surface area contributed by atoms with Crippen LogP contribution in [0.5, 0.6) is 5.75 Å². The molecular formula is C13H17NO4S. The maximum atomic E-state index is 11.6. The fourth-order valence-electron chi connectivity index (χ4n) is 1.45. The number of thioether (sulfide) groups is 1.